The number of alkyl halides is 1. The summed E-state index contributed by atoms with van der Waals surface area (Å²) in [6.45, 7) is 5.50. The van der Waals surface area contributed by atoms with Gasteiger partial charge in [-0.3, -0.25) is 0 Å². The Bertz CT molecular complexity index is 441. The van der Waals surface area contributed by atoms with E-state index < -0.39 is 5.56 Å². The fraction of sp³-hybridized carbons (Fsp3) is 0.538. The number of halogens is 1. The lowest BCUT2D eigenvalue weighted by molar-refractivity contribution is 0.144. The Morgan fingerprint density at radius 2 is 2.33 bits per heavy atom. The molecule has 18 heavy (non-hydrogen) atoms. The van der Waals surface area contributed by atoms with Gasteiger partial charge in [-0.15, -0.1) is 0 Å². The predicted molar refractivity (Wildman–Crippen MR) is 71.9 cm³/mol. The van der Waals surface area contributed by atoms with Gasteiger partial charge >= 0.3 is 0 Å². The third kappa shape index (κ3) is 2.22. The number of anilines is 1. The molecule has 0 bridgehead atoms. The number of ether oxygens (including phenoxy) is 2. The molecule has 1 N–H and O–H groups in total. The maximum absolute atomic E-state index is 6.01. The van der Waals surface area contributed by atoms with E-state index in [-0.39, 0.29) is 0 Å². The first-order valence-corrected chi connectivity index (χ1v) is 6.72. The second kappa shape index (κ2) is 4.86. The van der Waals surface area contributed by atoms with Gasteiger partial charge in [-0.05, 0) is 19.1 Å². The van der Waals surface area contributed by atoms with Crippen LogP contribution in [0.2, 0.25) is 0 Å². The van der Waals surface area contributed by atoms with Gasteiger partial charge in [0, 0.05) is 25.7 Å². The fourth-order valence-electron chi connectivity index (χ4n) is 2.45. The Morgan fingerprint density at radius 1 is 1.44 bits per heavy atom. The largest absolute Gasteiger partial charge is 0.484 e. The summed E-state index contributed by atoms with van der Waals surface area (Å²) in [4.78, 5) is 2.32. The zero-order valence-corrected chi connectivity index (χ0v) is 11.1. The number of fused-ring (bicyclic) bond motifs is 1. The van der Waals surface area contributed by atoms with Gasteiger partial charge in [0.25, 0.3) is 0 Å². The van der Waals surface area contributed by atoms with Crippen LogP contribution < -0.4 is 19.7 Å². The topological polar surface area (TPSA) is 33.7 Å². The summed E-state index contributed by atoms with van der Waals surface area (Å²) in [5.41, 5.74) is 0.671. The van der Waals surface area contributed by atoms with Gasteiger partial charge in [-0.25, -0.2) is 0 Å². The van der Waals surface area contributed by atoms with Crippen LogP contribution in [0.1, 0.15) is 6.92 Å². The van der Waals surface area contributed by atoms with Crippen molar-refractivity contribution in [3.8, 4) is 11.5 Å². The SMILES string of the molecule is CC1CN(c2cccc3c2OC(Cl)CO3)CCN1. The van der Waals surface area contributed by atoms with Crippen molar-refractivity contribution in [1.82, 2.24) is 5.32 Å². The average Bonchev–Trinajstić information content (AvgIpc) is 2.38. The zero-order valence-electron chi connectivity index (χ0n) is 10.4. The molecule has 1 fully saturated rings. The van der Waals surface area contributed by atoms with Crippen LogP contribution >= 0.6 is 11.6 Å². The van der Waals surface area contributed by atoms with Gasteiger partial charge in [0.2, 0.25) is 5.56 Å². The predicted octanol–water partition coefficient (Wildman–Crippen LogP) is 1.82. The highest BCUT2D eigenvalue weighted by Gasteiger charge is 2.26. The van der Waals surface area contributed by atoms with Crippen LogP contribution in [0.5, 0.6) is 11.5 Å². The lowest BCUT2D eigenvalue weighted by Gasteiger charge is -2.36. The van der Waals surface area contributed by atoms with Gasteiger partial charge < -0.3 is 19.7 Å². The first-order valence-electron chi connectivity index (χ1n) is 6.29. The van der Waals surface area contributed by atoms with Gasteiger partial charge in [0.15, 0.2) is 11.5 Å². The number of para-hydroxylation sites is 1. The summed E-state index contributed by atoms with van der Waals surface area (Å²) >= 11 is 6.01. The molecule has 4 nitrogen and oxygen atoms in total. The molecule has 1 saturated heterocycles. The van der Waals surface area contributed by atoms with Crippen molar-refractivity contribution in [2.24, 2.45) is 0 Å². The highest BCUT2D eigenvalue weighted by molar-refractivity contribution is 6.20. The average molecular weight is 269 g/mol. The maximum atomic E-state index is 6.01. The molecular weight excluding hydrogens is 252 g/mol. The number of hydrogen-bond donors (Lipinski definition) is 1. The third-order valence-electron chi connectivity index (χ3n) is 3.28. The lowest BCUT2D eigenvalue weighted by atomic mass is 10.2. The Labute approximate surface area is 112 Å². The summed E-state index contributed by atoms with van der Waals surface area (Å²) in [6, 6.07) is 6.46. The Hall–Kier alpha value is -1.13. The zero-order chi connectivity index (χ0) is 12.5. The molecule has 0 aromatic heterocycles. The van der Waals surface area contributed by atoms with Crippen molar-refractivity contribution < 1.29 is 9.47 Å². The van der Waals surface area contributed by atoms with E-state index in [0.717, 1.165) is 36.8 Å². The smallest absolute Gasteiger partial charge is 0.206 e. The van der Waals surface area contributed by atoms with E-state index in [1.54, 1.807) is 0 Å². The summed E-state index contributed by atoms with van der Waals surface area (Å²) in [5, 5.41) is 3.43. The van der Waals surface area contributed by atoms with E-state index in [1.807, 2.05) is 12.1 Å². The first-order chi connectivity index (χ1) is 8.74. The molecule has 2 heterocycles. The van der Waals surface area contributed by atoms with Gasteiger partial charge in [0.05, 0.1) is 5.69 Å². The van der Waals surface area contributed by atoms with Gasteiger partial charge in [-0.1, -0.05) is 17.7 Å². The van der Waals surface area contributed by atoms with Crippen molar-refractivity contribution in [3.05, 3.63) is 18.2 Å². The van der Waals surface area contributed by atoms with E-state index in [2.05, 4.69) is 23.2 Å². The first kappa shape index (κ1) is 11.9. The van der Waals surface area contributed by atoms with Crippen LogP contribution in [-0.4, -0.2) is 37.8 Å². The minimum Gasteiger partial charge on any atom is -0.484 e. The molecule has 0 spiro atoms. The maximum Gasteiger partial charge on any atom is 0.206 e. The van der Waals surface area contributed by atoms with Gasteiger partial charge in [0.1, 0.15) is 6.61 Å². The standard InChI is InChI=1S/C13H17ClN2O2/c1-9-7-16(6-5-15-9)10-3-2-4-11-13(10)18-12(14)8-17-11/h2-4,9,12,15H,5-8H2,1H3. The molecule has 2 aliphatic heterocycles. The van der Waals surface area contributed by atoms with E-state index in [0.29, 0.717) is 12.6 Å². The molecule has 0 amide bonds. The minimum atomic E-state index is -0.404. The molecular formula is C13H17ClN2O2. The number of hydrogen-bond acceptors (Lipinski definition) is 4. The monoisotopic (exact) mass is 268 g/mol. The Balaban J connectivity index is 1.92. The number of benzene rings is 1. The number of nitrogens with one attached hydrogen (secondary N) is 1. The van der Waals surface area contributed by atoms with Crippen LogP contribution in [0.25, 0.3) is 0 Å². The molecule has 5 heteroatoms. The molecule has 0 aliphatic carbocycles. The lowest BCUT2D eigenvalue weighted by Crippen LogP contribution is -2.49. The third-order valence-corrected chi connectivity index (χ3v) is 3.50. The normalized spacial score (nSPS) is 27.1. The molecule has 98 valence electrons. The molecule has 1 aromatic rings. The van der Waals surface area contributed by atoms with E-state index in [1.165, 1.54) is 0 Å². The van der Waals surface area contributed by atoms with Crippen molar-refractivity contribution in [1.29, 1.82) is 0 Å². The molecule has 1 aromatic carbocycles. The Kier molecular flexibility index (Phi) is 3.22. The van der Waals surface area contributed by atoms with Crippen LogP contribution in [-0.2, 0) is 0 Å². The van der Waals surface area contributed by atoms with Crippen LogP contribution in [0.4, 0.5) is 5.69 Å². The molecule has 0 radical (unpaired) electrons. The molecule has 2 aliphatic rings. The Morgan fingerprint density at radius 3 is 3.17 bits per heavy atom. The highest BCUT2D eigenvalue weighted by atomic mass is 35.5. The highest BCUT2D eigenvalue weighted by Crippen LogP contribution is 2.41. The number of piperazine rings is 1. The summed E-state index contributed by atoms with van der Waals surface area (Å²) in [6.07, 6.45) is 0. The van der Waals surface area contributed by atoms with Gasteiger partial charge in [-0.2, -0.15) is 0 Å². The van der Waals surface area contributed by atoms with E-state index in [4.69, 9.17) is 21.1 Å². The second-order valence-electron chi connectivity index (χ2n) is 4.74. The minimum absolute atomic E-state index is 0.399. The molecule has 2 atom stereocenters. The number of nitrogens with zero attached hydrogens (tertiary/aromatic N) is 1. The fourth-order valence-corrected chi connectivity index (χ4v) is 2.61. The van der Waals surface area contributed by atoms with Crippen molar-refractivity contribution in [2.75, 3.05) is 31.1 Å². The molecule has 2 unspecified atom stereocenters. The van der Waals surface area contributed by atoms with Crippen LogP contribution in [0, 0.1) is 0 Å². The summed E-state index contributed by atoms with van der Waals surface area (Å²) in [7, 11) is 0. The van der Waals surface area contributed by atoms with Crippen LogP contribution in [0.15, 0.2) is 18.2 Å². The van der Waals surface area contributed by atoms with Crippen molar-refractivity contribution >= 4 is 17.3 Å². The summed E-state index contributed by atoms with van der Waals surface area (Å²) < 4.78 is 11.3. The van der Waals surface area contributed by atoms with Crippen LogP contribution in [0.3, 0.4) is 0 Å². The second-order valence-corrected chi connectivity index (χ2v) is 5.23. The van der Waals surface area contributed by atoms with E-state index >= 15 is 0 Å². The summed E-state index contributed by atoms with van der Waals surface area (Å²) in [5.74, 6) is 1.56. The van der Waals surface area contributed by atoms with Crippen molar-refractivity contribution in [2.45, 2.75) is 18.5 Å². The molecule has 3 rings (SSSR count). The number of rotatable bonds is 1. The quantitative estimate of drug-likeness (QED) is 0.788. The van der Waals surface area contributed by atoms with Crippen molar-refractivity contribution in [3.63, 3.8) is 0 Å². The van der Waals surface area contributed by atoms with E-state index in [9.17, 15) is 0 Å². The molecule has 0 saturated carbocycles.